The van der Waals surface area contributed by atoms with Gasteiger partial charge in [-0.15, -0.1) is 19.1 Å². The van der Waals surface area contributed by atoms with Gasteiger partial charge < -0.3 is 14.2 Å². The zero-order valence-corrected chi connectivity index (χ0v) is 15.7. The normalized spacial score (nSPS) is 15.2. The van der Waals surface area contributed by atoms with Gasteiger partial charge in [-0.1, -0.05) is 24.1 Å². The summed E-state index contributed by atoms with van der Waals surface area (Å²) in [6.45, 7) is 1.64. The number of benzene rings is 2. The summed E-state index contributed by atoms with van der Waals surface area (Å²) in [4.78, 5) is 12.4. The molecule has 4 nitrogen and oxygen atoms in total. The van der Waals surface area contributed by atoms with Crippen molar-refractivity contribution in [3.05, 3.63) is 54.1 Å². The lowest BCUT2D eigenvalue weighted by molar-refractivity contribution is -0.275. The average molecular weight is 404 g/mol. The standard InChI is InChI=1S/C22H19F3O4/c1-2-12-21(13-6-7-14-21)28-19-15-16(10-11-18(19)29-22(23,24)25)20(26)27-17-8-4-3-5-9-17/h3-5,8-11,15H,6-7,13-14H2,1H3. The van der Waals surface area contributed by atoms with Crippen LogP contribution in [0, 0.1) is 11.8 Å². The van der Waals surface area contributed by atoms with E-state index in [1.54, 1.807) is 37.3 Å². The van der Waals surface area contributed by atoms with Gasteiger partial charge in [-0.25, -0.2) is 4.79 Å². The Kier molecular flexibility index (Phi) is 6.02. The molecule has 0 radical (unpaired) electrons. The largest absolute Gasteiger partial charge is 0.573 e. The highest BCUT2D eigenvalue weighted by Gasteiger charge is 2.37. The number of alkyl halides is 3. The molecule has 0 N–H and O–H groups in total. The summed E-state index contributed by atoms with van der Waals surface area (Å²) in [6, 6.07) is 11.8. The molecular formula is C22H19F3O4. The predicted molar refractivity (Wildman–Crippen MR) is 99.8 cm³/mol. The highest BCUT2D eigenvalue weighted by molar-refractivity contribution is 5.91. The Bertz CT molecular complexity index is 921. The number of para-hydroxylation sites is 1. The topological polar surface area (TPSA) is 44.8 Å². The van der Waals surface area contributed by atoms with Crippen LogP contribution in [0.4, 0.5) is 13.2 Å². The molecule has 0 unspecified atom stereocenters. The van der Waals surface area contributed by atoms with Crippen LogP contribution in [0.2, 0.25) is 0 Å². The zero-order chi connectivity index (χ0) is 20.9. The second kappa shape index (κ2) is 8.48. The van der Waals surface area contributed by atoms with Gasteiger partial charge in [0.15, 0.2) is 17.1 Å². The molecule has 0 aliphatic heterocycles. The van der Waals surface area contributed by atoms with Crippen molar-refractivity contribution in [2.24, 2.45) is 0 Å². The van der Waals surface area contributed by atoms with Gasteiger partial charge in [0.1, 0.15) is 5.75 Å². The molecule has 0 aromatic heterocycles. The zero-order valence-electron chi connectivity index (χ0n) is 15.7. The smallest absolute Gasteiger partial charge is 0.471 e. The number of carbonyl (C=O) groups excluding carboxylic acids is 1. The molecule has 0 saturated heterocycles. The van der Waals surface area contributed by atoms with E-state index < -0.39 is 23.7 Å². The van der Waals surface area contributed by atoms with Crippen molar-refractivity contribution in [2.45, 2.75) is 44.6 Å². The summed E-state index contributed by atoms with van der Waals surface area (Å²) in [5, 5.41) is 0. The minimum atomic E-state index is -4.90. The van der Waals surface area contributed by atoms with E-state index in [2.05, 4.69) is 16.6 Å². The lowest BCUT2D eigenvalue weighted by Gasteiger charge is -2.26. The van der Waals surface area contributed by atoms with Gasteiger partial charge in [-0.2, -0.15) is 0 Å². The Balaban J connectivity index is 1.92. The van der Waals surface area contributed by atoms with Gasteiger partial charge in [-0.3, -0.25) is 0 Å². The van der Waals surface area contributed by atoms with Crippen molar-refractivity contribution in [3.63, 3.8) is 0 Å². The predicted octanol–water partition coefficient (Wildman–Crippen LogP) is 5.52. The van der Waals surface area contributed by atoms with Crippen molar-refractivity contribution < 1.29 is 32.2 Å². The molecule has 0 spiro atoms. The van der Waals surface area contributed by atoms with Crippen LogP contribution < -0.4 is 14.2 Å². The molecule has 2 aromatic carbocycles. The lowest BCUT2D eigenvalue weighted by atomic mass is 10.0. The maximum Gasteiger partial charge on any atom is 0.573 e. The molecule has 1 fully saturated rings. The van der Waals surface area contributed by atoms with E-state index in [0.717, 1.165) is 18.9 Å². The summed E-state index contributed by atoms with van der Waals surface area (Å²) >= 11 is 0. The summed E-state index contributed by atoms with van der Waals surface area (Å²) < 4.78 is 53.7. The minimum absolute atomic E-state index is 0.0379. The molecule has 1 aliphatic rings. The van der Waals surface area contributed by atoms with E-state index in [1.165, 1.54) is 12.1 Å². The molecule has 7 heteroatoms. The van der Waals surface area contributed by atoms with Crippen LogP contribution in [-0.2, 0) is 0 Å². The van der Waals surface area contributed by atoms with Crippen LogP contribution >= 0.6 is 0 Å². The molecule has 0 amide bonds. The van der Waals surface area contributed by atoms with Gasteiger partial charge in [-0.05, 0) is 62.9 Å². The summed E-state index contributed by atoms with van der Waals surface area (Å²) in [5.41, 5.74) is -0.864. The Morgan fingerprint density at radius 1 is 1.03 bits per heavy atom. The second-order valence-electron chi connectivity index (χ2n) is 6.59. The Labute approximate surface area is 166 Å². The molecule has 0 bridgehead atoms. The first-order valence-corrected chi connectivity index (χ1v) is 9.10. The van der Waals surface area contributed by atoms with E-state index in [-0.39, 0.29) is 11.3 Å². The van der Waals surface area contributed by atoms with Crippen molar-refractivity contribution in [2.75, 3.05) is 0 Å². The van der Waals surface area contributed by atoms with Gasteiger partial charge in [0.2, 0.25) is 0 Å². The number of hydrogen-bond donors (Lipinski definition) is 0. The Morgan fingerprint density at radius 3 is 2.34 bits per heavy atom. The average Bonchev–Trinajstić information content (AvgIpc) is 3.11. The fourth-order valence-electron chi connectivity index (χ4n) is 3.22. The summed E-state index contributed by atoms with van der Waals surface area (Å²) in [7, 11) is 0. The van der Waals surface area contributed by atoms with Gasteiger partial charge in [0.25, 0.3) is 0 Å². The van der Waals surface area contributed by atoms with E-state index >= 15 is 0 Å². The molecule has 2 aromatic rings. The second-order valence-corrected chi connectivity index (χ2v) is 6.59. The lowest BCUT2D eigenvalue weighted by Crippen LogP contribution is -2.31. The molecule has 1 saturated carbocycles. The number of esters is 1. The molecule has 0 atom stereocenters. The van der Waals surface area contributed by atoms with E-state index in [9.17, 15) is 18.0 Å². The van der Waals surface area contributed by atoms with Gasteiger partial charge in [0, 0.05) is 0 Å². The summed E-state index contributed by atoms with van der Waals surface area (Å²) in [6.07, 6.45) is -2.04. The maximum atomic E-state index is 12.8. The van der Waals surface area contributed by atoms with Crippen LogP contribution in [0.15, 0.2) is 48.5 Å². The molecule has 3 rings (SSSR count). The maximum absolute atomic E-state index is 12.8. The highest BCUT2D eigenvalue weighted by atomic mass is 19.4. The first-order chi connectivity index (χ1) is 13.8. The highest BCUT2D eigenvalue weighted by Crippen LogP contribution is 2.40. The van der Waals surface area contributed by atoms with E-state index in [0.29, 0.717) is 18.6 Å². The fourth-order valence-corrected chi connectivity index (χ4v) is 3.22. The van der Waals surface area contributed by atoms with Crippen LogP contribution in [0.1, 0.15) is 43.0 Å². The van der Waals surface area contributed by atoms with Gasteiger partial charge in [0.05, 0.1) is 5.56 Å². The van der Waals surface area contributed by atoms with E-state index in [4.69, 9.17) is 9.47 Å². The third-order valence-corrected chi connectivity index (χ3v) is 4.43. The Morgan fingerprint density at radius 2 is 1.72 bits per heavy atom. The number of rotatable bonds is 5. The number of hydrogen-bond acceptors (Lipinski definition) is 4. The quantitative estimate of drug-likeness (QED) is 0.374. The van der Waals surface area contributed by atoms with Crippen molar-refractivity contribution in [1.82, 2.24) is 0 Å². The fraction of sp³-hybridized carbons (Fsp3) is 0.318. The summed E-state index contributed by atoms with van der Waals surface area (Å²) in [5.74, 6) is 4.61. The van der Waals surface area contributed by atoms with Crippen LogP contribution in [0.3, 0.4) is 0 Å². The first-order valence-electron chi connectivity index (χ1n) is 9.10. The van der Waals surface area contributed by atoms with Crippen molar-refractivity contribution in [3.8, 4) is 29.1 Å². The number of ether oxygens (including phenoxy) is 3. The van der Waals surface area contributed by atoms with Crippen LogP contribution in [-0.4, -0.2) is 17.9 Å². The first kappa shape index (κ1) is 20.6. The Hall–Kier alpha value is -3.14. The third kappa shape index (κ3) is 5.44. The molecule has 152 valence electrons. The molecule has 0 heterocycles. The van der Waals surface area contributed by atoms with Crippen molar-refractivity contribution in [1.29, 1.82) is 0 Å². The number of carbonyl (C=O) groups is 1. The van der Waals surface area contributed by atoms with Crippen molar-refractivity contribution >= 4 is 5.97 Å². The van der Waals surface area contributed by atoms with Crippen LogP contribution in [0.25, 0.3) is 0 Å². The molecular weight excluding hydrogens is 385 g/mol. The van der Waals surface area contributed by atoms with E-state index in [1.807, 2.05) is 0 Å². The number of halogens is 3. The molecule has 29 heavy (non-hydrogen) atoms. The van der Waals surface area contributed by atoms with Crippen LogP contribution in [0.5, 0.6) is 17.2 Å². The molecule has 1 aliphatic carbocycles. The monoisotopic (exact) mass is 404 g/mol. The van der Waals surface area contributed by atoms with Gasteiger partial charge >= 0.3 is 12.3 Å². The minimum Gasteiger partial charge on any atom is -0.471 e. The SMILES string of the molecule is CC#CC1(Oc2cc(C(=O)Oc3ccccc3)ccc2OC(F)(F)F)CCCC1. The third-order valence-electron chi connectivity index (χ3n) is 4.43.